The maximum atomic E-state index is 11.9. The molecule has 0 radical (unpaired) electrons. The second-order valence-electron chi connectivity index (χ2n) is 4.74. The first-order valence-corrected chi connectivity index (χ1v) is 7.43. The van der Waals surface area contributed by atoms with Crippen LogP contribution < -0.4 is 15.4 Å². The Kier molecular flexibility index (Phi) is 3.62. The molecule has 1 aliphatic heterocycles. The van der Waals surface area contributed by atoms with Crippen molar-refractivity contribution in [2.45, 2.75) is 19.6 Å². The average Bonchev–Trinajstić information content (AvgIpc) is 3.00. The first kappa shape index (κ1) is 13.6. The second kappa shape index (κ2) is 5.57. The molecule has 2 N–H and O–H groups in total. The van der Waals surface area contributed by atoms with E-state index in [1.807, 2.05) is 23.6 Å². The van der Waals surface area contributed by atoms with E-state index in [4.69, 9.17) is 4.74 Å². The Morgan fingerprint density at radius 2 is 2.29 bits per heavy atom. The molecule has 1 atom stereocenters. The zero-order chi connectivity index (χ0) is 14.8. The molecule has 0 bridgehead atoms. The summed E-state index contributed by atoms with van der Waals surface area (Å²) < 4.78 is 5.49. The molecule has 2 aromatic rings. The van der Waals surface area contributed by atoms with E-state index in [1.54, 1.807) is 19.1 Å². The third kappa shape index (κ3) is 2.90. The molecule has 1 aliphatic rings. The van der Waals surface area contributed by atoms with Gasteiger partial charge in [-0.15, -0.1) is 11.3 Å². The molecule has 21 heavy (non-hydrogen) atoms. The zero-order valence-electron chi connectivity index (χ0n) is 11.4. The van der Waals surface area contributed by atoms with Crippen molar-refractivity contribution in [3.05, 3.63) is 46.2 Å². The summed E-state index contributed by atoms with van der Waals surface area (Å²) in [5.41, 5.74) is 1.54. The predicted molar refractivity (Wildman–Crippen MR) is 80.7 cm³/mol. The van der Waals surface area contributed by atoms with Gasteiger partial charge in [0.2, 0.25) is 0 Å². The highest BCUT2D eigenvalue weighted by molar-refractivity contribution is 7.12. The highest BCUT2D eigenvalue weighted by atomic mass is 32.1. The van der Waals surface area contributed by atoms with Crippen molar-refractivity contribution in [2.75, 3.05) is 5.32 Å². The van der Waals surface area contributed by atoms with E-state index in [9.17, 15) is 9.59 Å². The molecule has 0 fully saturated rings. The number of benzene rings is 1. The number of anilines is 1. The van der Waals surface area contributed by atoms with Gasteiger partial charge in [-0.25, -0.2) is 0 Å². The van der Waals surface area contributed by atoms with Gasteiger partial charge >= 0.3 is 0 Å². The van der Waals surface area contributed by atoms with Gasteiger partial charge in [-0.1, -0.05) is 12.1 Å². The molecule has 0 saturated carbocycles. The monoisotopic (exact) mass is 302 g/mol. The minimum absolute atomic E-state index is 0.100. The number of fused-ring (bicyclic) bond motifs is 1. The summed E-state index contributed by atoms with van der Waals surface area (Å²) in [6.07, 6.45) is -0.484. The van der Waals surface area contributed by atoms with Crippen LogP contribution in [0, 0.1) is 0 Å². The number of nitrogens with one attached hydrogen (secondary N) is 2. The van der Waals surface area contributed by atoms with Gasteiger partial charge in [-0.05, 0) is 36.1 Å². The van der Waals surface area contributed by atoms with Crippen LogP contribution in [-0.4, -0.2) is 17.9 Å². The molecule has 1 aromatic carbocycles. The first-order chi connectivity index (χ1) is 10.1. The highest BCUT2D eigenvalue weighted by Gasteiger charge is 2.23. The van der Waals surface area contributed by atoms with Crippen molar-refractivity contribution in [3.63, 3.8) is 0 Å². The summed E-state index contributed by atoms with van der Waals surface area (Å²) in [5.74, 6) is 0.384. The van der Waals surface area contributed by atoms with Crippen molar-refractivity contribution in [3.8, 4) is 5.75 Å². The Hall–Kier alpha value is -2.34. The summed E-state index contributed by atoms with van der Waals surface area (Å²) in [4.78, 5) is 24.1. The van der Waals surface area contributed by atoms with Crippen LogP contribution in [-0.2, 0) is 11.3 Å². The first-order valence-electron chi connectivity index (χ1n) is 6.55. The van der Waals surface area contributed by atoms with Gasteiger partial charge < -0.3 is 15.4 Å². The van der Waals surface area contributed by atoms with Crippen LogP contribution in [0.5, 0.6) is 5.75 Å². The normalized spacial score (nSPS) is 16.6. The van der Waals surface area contributed by atoms with Gasteiger partial charge in [0.15, 0.2) is 6.10 Å². The van der Waals surface area contributed by atoms with Crippen LogP contribution in [0.4, 0.5) is 5.69 Å². The average molecular weight is 302 g/mol. The number of hydrogen-bond donors (Lipinski definition) is 2. The Labute approximate surface area is 125 Å². The molecule has 0 aliphatic carbocycles. The smallest absolute Gasteiger partial charge is 0.265 e. The SMILES string of the molecule is CC1Oc2ccc(CNC(=O)c3cccs3)cc2NC1=O. The minimum Gasteiger partial charge on any atom is -0.479 e. The summed E-state index contributed by atoms with van der Waals surface area (Å²) in [6, 6.07) is 9.11. The lowest BCUT2D eigenvalue weighted by Crippen LogP contribution is -2.34. The molecular weight excluding hydrogens is 288 g/mol. The zero-order valence-corrected chi connectivity index (χ0v) is 12.2. The minimum atomic E-state index is -0.484. The molecule has 3 rings (SSSR count). The lowest BCUT2D eigenvalue weighted by molar-refractivity contribution is -0.122. The van der Waals surface area contributed by atoms with Crippen LogP contribution in [0.1, 0.15) is 22.2 Å². The number of hydrogen-bond acceptors (Lipinski definition) is 4. The van der Waals surface area contributed by atoms with Crippen LogP contribution in [0.2, 0.25) is 0 Å². The maximum Gasteiger partial charge on any atom is 0.265 e. The number of ether oxygens (including phenoxy) is 1. The van der Waals surface area contributed by atoms with E-state index in [0.717, 1.165) is 5.56 Å². The molecule has 0 spiro atoms. The molecule has 108 valence electrons. The van der Waals surface area contributed by atoms with E-state index in [-0.39, 0.29) is 11.8 Å². The standard InChI is InChI=1S/C15H14N2O3S/c1-9-14(18)17-11-7-10(4-5-12(11)20-9)8-16-15(19)13-3-2-6-21-13/h2-7,9H,8H2,1H3,(H,16,19)(H,17,18). The van der Waals surface area contributed by atoms with Gasteiger partial charge in [0.05, 0.1) is 10.6 Å². The van der Waals surface area contributed by atoms with Gasteiger partial charge in [-0.3, -0.25) is 9.59 Å². The van der Waals surface area contributed by atoms with E-state index >= 15 is 0 Å². The van der Waals surface area contributed by atoms with Crippen molar-refractivity contribution in [1.82, 2.24) is 5.32 Å². The molecule has 5 nitrogen and oxygen atoms in total. The highest BCUT2D eigenvalue weighted by Crippen LogP contribution is 2.30. The lowest BCUT2D eigenvalue weighted by atomic mass is 10.1. The van der Waals surface area contributed by atoms with E-state index in [1.165, 1.54) is 11.3 Å². The van der Waals surface area contributed by atoms with Crippen molar-refractivity contribution < 1.29 is 14.3 Å². The second-order valence-corrected chi connectivity index (χ2v) is 5.69. The fraction of sp³-hybridized carbons (Fsp3) is 0.200. The number of carbonyl (C=O) groups excluding carboxylic acids is 2. The van der Waals surface area contributed by atoms with Crippen LogP contribution >= 0.6 is 11.3 Å². The molecule has 1 unspecified atom stereocenters. The molecule has 1 aromatic heterocycles. The van der Waals surface area contributed by atoms with Gasteiger partial charge in [0, 0.05) is 6.54 Å². The van der Waals surface area contributed by atoms with Crippen molar-refractivity contribution >= 4 is 28.8 Å². The molecule has 2 amide bonds. The topological polar surface area (TPSA) is 67.4 Å². The van der Waals surface area contributed by atoms with Gasteiger partial charge in [0.25, 0.3) is 11.8 Å². The summed E-state index contributed by atoms with van der Waals surface area (Å²) in [7, 11) is 0. The fourth-order valence-corrected chi connectivity index (χ4v) is 2.68. The Balaban J connectivity index is 1.69. The largest absolute Gasteiger partial charge is 0.479 e. The van der Waals surface area contributed by atoms with Crippen LogP contribution in [0.3, 0.4) is 0 Å². The van der Waals surface area contributed by atoms with E-state index in [2.05, 4.69) is 10.6 Å². The maximum absolute atomic E-state index is 11.9. The number of thiophene rings is 1. The van der Waals surface area contributed by atoms with Crippen molar-refractivity contribution in [1.29, 1.82) is 0 Å². The third-order valence-electron chi connectivity index (χ3n) is 3.17. The summed E-state index contributed by atoms with van der Waals surface area (Å²) in [5, 5.41) is 7.50. The predicted octanol–water partition coefficient (Wildman–Crippen LogP) is 2.40. The summed E-state index contributed by atoms with van der Waals surface area (Å²) >= 11 is 1.40. The van der Waals surface area contributed by atoms with Gasteiger partial charge in [-0.2, -0.15) is 0 Å². The Bertz CT molecular complexity index is 682. The number of amides is 2. The Morgan fingerprint density at radius 3 is 3.05 bits per heavy atom. The van der Waals surface area contributed by atoms with Crippen molar-refractivity contribution in [2.24, 2.45) is 0 Å². The van der Waals surface area contributed by atoms with E-state index < -0.39 is 6.10 Å². The number of rotatable bonds is 3. The van der Waals surface area contributed by atoms with Crippen LogP contribution in [0.25, 0.3) is 0 Å². The lowest BCUT2D eigenvalue weighted by Gasteiger charge is -2.23. The quantitative estimate of drug-likeness (QED) is 0.915. The molecule has 6 heteroatoms. The molecule has 2 heterocycles. The van der Waals surface area contributed by atoms with E-state index in [0.29, 0.717) is 22.9 Å². The fourth-order valence-electron chi connectivity index (χ4n) is 2.04. The number of carbonyl (C=O) groups is 2. The Morgan fingerprint density at radius 1 is 1.43 bits per heavy atom. The summed E-state index contributed by atoms with van der Waals surface area (Å²) in [6.45, 7) is 2.10. The third-order valence-corrected chi connectivity index (χ3v) is 4.04. The van der Waals surface area contributed by atoms with Gasteiger partial charge in [0.1, 0.15) is 5.75 Å². The molecular formula is C15H14N2O3S. The molecule has 0 saturated heterocycles. The van der Waals surface area contributed by atoms with Crippen LogP contribution in [0.15, 0.2) is 35.7 Å².